The number of rotatable bonds is 8. The molecule has 3 rings (SSSR count). The summed E-state index contributed by atoms with van der Waals surface area (Å²) >= 11 is 6.11. The van der Waals surface area contributed by atoms with E-state index in [9.17, 15) is 9.18 Å². The Bertz CT molecular complexity index is 776. The Morgan fingerprint density at radius 3 is 2.85 bits per heavy atom. The topological polar surface area (TPSA) is 81.5 Å². The van der Waals surface area contributed by atoms with Gasteiger partial charge >= 0.3 is 5.97 Å². The van der Waals surface area contributed by atoms with Crippen LogP contribution in [0.2, 0.25) is 5.02 Å². The summed E-state index contributed by atoms with van der Waals surface area (Å²) in [5, 5.41) is 8.67. The van der Waals surface area contributed by atoms with Gasteiger partial charge in [-0.25, -0.2) is 9.37 Å². The molecule has 1 aromatic carbocycles. The van der Waals surface area contributed by atoms with Crippen molar-refractivity contribution in [3.05, 3.63) is 35.2 Å². The highest BCUT2D eigenvalue weighted by molar-refractivity contribution is 6.32. The second-order valence-corrected chi connectivity index (χ2v) is 6.41. The highest BCUT2D eigenvalue weighted by atomic mass is 35.5. The summed E-state index contributed by atoms with van der Waals surface area (Å²) < 4.78 is 25.3. The number of aromatic nitrogens is 2. The van der Waals surface area contributed by atoms with E-state index in [1.54, 1.807) is 12.3 Å². The van der Waals surface area contributed by atoms with Gasteiger partial charge in [0, 0.05) is 24.2 Å². The highest BCUT2D eigenvalue weighted by Gasteiger charge is 2.20. The predicted molar refractivity (Wildman–Crippen MR) is 93.1 cm³/mol. The van der Waals surface area contributed by atoms with Gasteiger partial charge < -0.3 is 14.6 Å². The monoisotopic (exact) mass is 380 g/mol. The second-order valence-electron chi connectivity index (χ2n) is 6.00. The van der Waals surface area contributed by atoms with E-state index in [0.717, 1.165) is 19.3 Å². The number of aliphatic carboxylic acids is 1. The van der Waals surface area contributed by atoms with E-state index in [4.69, 9.17) is 26.2 Å². The van der Waals surface area contributed by atoms with Crippen molar-refractivity contribution in [3.8, 4) is 23.0 Å². The number of hydrogen-bond donors (Lipinski definition) is 1. The van der Waals surface area contributed by atoms with E-state index < -0.39 is 11.8 Å². The van der Waals surface area contributed by atoms with E-state index in [-0.39, 0.29) is 36.3 Å². The van der Waals surface area contributed by atoms with Crippen LogP contribution in [0.5, 0.6) is 11.6 Å². The Kier molecular flexibility index (Phi) is 5.88. The molecule has 1 aliphatic rings. The molecule has 0 saturated heterocycles. The molecule has 0 aliphatic heterocycles. The molecule has 1 saturated carbocycles. The maximum atomic E-state index is 14.3. The van der Waals surface area contributed by atoms with Crippen LogP contribution in [-0.2, 0) is 4.79 Å². The van der Waals surface area contributed by atoms with Crippen LogP contribution in [0.3, 0.4) is 0 Å². The van der Waals surface area contributed by atoms with Gasteiger partial charge in [0.05, 0.1) is 11.6 Å². The molecule has 0 bridgehead atoms. The molecule has 0 unspecified atom stereocenters. The molecule has 1 heterocycles. The van der Waals surface area contributed by atoms with Crippen LogP contribution in [0, 0.1) is 5.82 Å². The van der Waals surface area contributed by atoms with E-state index >= 15 is 0 Å². The number of ether oxygens (including phenoxy) is 2. The van der Waals surface area contributed by atoms with E-state index in [0.29, 0.717) is 17.3 Å². The van der Waals surface area contributed by atoms with E-state index in [2.05, 4.69) is 9.97 Å². The molecule has 6 nitrogen and oxygen atoms in total. The van der Waals surface area contributed by atoms with Crippen molar-refractivity contribution >= 4 is 17.6 Å². The van der Waals surface area contributed by atoms with Gasteiger partial charge in [0.25, 0.3) is 0 Å². The third kappa shape index (κ3) is 4.60. The summed E-state index contributed by atoms with van der Waals surface area (Å²) in [4.78, 5) is 18.9. The predicted octanol–water partition coefficient (Wildman–Crippen LogP) is 4.11. The van der Waals surface area contributed by atoms with Gasteiger partial charge in [-0.2, -0.15) is 4.98 Å². The fourth-order valence-electron chi connectivity index (χ4n) is 2.43. The van der Waals surface area contributed by atoms with Crippen LogP contribution in [0.4, 0.5) is 4.39 Å². The van der Waals surface area contributed by atoms with E-state index in [1.807, 2.05) is 0 Å². The Hall–Kier alpha value is -2.41. The maximum Gasteiger partial charge on any atom is 0.303 e. The Morgan fingerprint density at radius 2 is 2.19 bits per heavy atom. The summed E-state index contributed by atoms with van der Waals surface area (Å²) in [5.74, 6) is -0.943. The number of benzene rings is 1. The fraction of sp³-hybridized carbons (Fsp3) is 0.389. The first-order valence-corrected chi connectivity index (χ1v) is 8.74. The molecule has 1 aliphatic carbocycles. The first-order valence-electron chi connectivity index (χ1n) is 8.36. The van der Waals surface area contributed by atoms with Crippen LogP contribution in [-0.4, -0.2) is 33.8 Å². The lowest BCUT2D eigenvalue weighted by Gasteiger charge is -2.25. The second kappa shape index (κ2) is 8.31. The van der Waals surface area contributed by atoms with Gasteiger partial charge in [-0.15, -0.1) is 0 Å². The first-order chi connectivity index (χ1) is 12.5. The molecule has 1 fully saturated rings. The number of carboxylic acids is 1. The van der Waals surface area contributed by atoms with Crippen molar-refractivity contribution in [2.75, 3.05) is 6.61 Å². The van der Waals surface area contributed by atoms with Crippen molar-refractivity contribution in [2.45, 2.75) is 38.2 Å². The van der Waals surface area contributed by atoms with Gasteiger partial charge in [0.2, 0.25) is 5.88 Å². The highest BCUT2D eigenvalue weighted by Crippen LogP contribution is 2.33. The molecule has 0 spiro atoms. The third-order valence-corrected chi connectivity index (χ3v) is 4.29. The van der Waals surface area contributed by atoms with Crippen LogP contribution < -0.4 is 9.47 Å². The zero-order valence-corrected chi connectivity index (χ0v) is 14.7. The molecule has 2 aromatic rings. The zero-order chi connectivity index (χ0) is 18.5. The summed E-state index contributed by atoms with van der Waals surface area (Å²) in [7, 11) is 0. The Balaban J connectivity index is 1.72. The molecular formula is C18H18ClFN2O4. The standard InChI is InChI=1S/C18H18ClFN2O4/c19-13-9-11(10-14(20)17(13)25-8-2-5-16(23)24)18-21-7-6-15(22-18)26-12-3-1-4-12/h6-7,9-10,12H,1-5,8H2,(H,23,24). The van der Waals surface area contributed by atoms with E-state index in [1.165, 1.54) is 12.1 Å². The molecule has 0 radical (unpaired) electrons. The van der Waals surface area contributed by atoms with Gasteiger partial charge in [-0.05, 0) is 37.8 Å². The third-order valence-electron chi connectivity index (χ3n) is 4.01. The summed E-state index contributed by atoms with van der Waals surface area (Å²) in [6.07, 6.45) is 5.10. The van der Waals surface area contributed by atoms with Gasteiger partial charge in [-0.1, -0.05) is 11.6 Å². The Labute approximate surface area is 154 Å². The number of hydrogen-bond acceptors (Lipinski definition) is 5. The van der Waals surface area contributed by atoms with Crippen LogP contribution in [0.25, 0.3) is 11.4 Å². The fourth-order valence-corrected chi connectivity index (χ4v) is 2.69. The van der Waals surface area contributed by atoms with Crippen LogP contribution >= 0.6 is 11.6 Å². The van der Waals surface area contributed by atoms with Crippen LogP contribution in [0.15, 0.2) is 24.4 Å². The summed E-state index contributed by atoms with van der Waals surface area (Å²) in [6.45, 7) is 0.0590. The van der Waals surface area contributed by atoms with Crippen molar-refractivity contribution < 1.29 is 23.8 Å². The average Bonchev–Trinajstić information content (AvgIpc) is 2.56. The molecule has 26 heavy (non-hydrogen) atoms. The normalized spacial score (nSPS) is 13.9. The molecule has 0 amide bonds. The average molecular weight is 381 g/mol. The molecule has 1 N–H and O–H groups in total. The largest absolute Gasteiger partial charge is 0.489 e. The lowest BCUT2D eigenvalue weighted by molar-refractivity contribution is -0.137. The lowest BCUT2D eigenvalue weighted by Crippen LogP contribution is -2.25. The maximum absolute atomic E-state index is 14.3. The minimum atomic E-state index is -0.934. The number of halogens is 2. The minimum absolute atomic E-state index is 0.0566. The Morgan fingerprint density at radius 1 is 1.38 bits per heavy atom. The zero-order valence-electron chi connectivity index (χ0n) is 14.0. The van der Waals surface area contributed by atoms with Crippen molar-refractivity contribution in [1.82, 2.24) is 9.97 Å². The first kappa shape index (κ1) is 18.4. The van der Waals surface area contributed by atoms with Gasteiger partial charge in [0.1, 0.15) is 6.10 Å². The molecular weight excluding hydrogens is 363 g/mol. The quantitative estimate of drug-likeness (QED) is 0.694. The molecule has 1 aromatic heterocycles. The number of nitrogens with zero attached hydrogens (tertiary/aromatic N) is 2. The SMILES string of the molecule is O=C(O)CCCOc1c(F)cc(-c2nccc(OC3CCC3)n2)cc1Cl. The van der Waals surface area contributed by atoms with Crippen molar-refractivity contribution in [1.29, 1.82) is 0 Å². The summed E-state index contributed by atoms with van der Waals surface area (Å²) in [5.41, 5.74) is 0.407. The van der Waals surface area contributed by atoms with Crippen molar-refractivity contribution in [2.24, 2.45) is 0 Å². The van der Waals surface area contributed by atoms with Crippen LogP contribution in [0.1, 0.15) is 32.1 Å². The molecule has 8 heteroatoms. The molecule has 138 valence electrons. The minimum Gasteiger partial charge on any atom is -0.489 e. The molecule has 0 atom stereocenters. The van der Waals surface area contributed by atoms with Gasteiger partial charge in [-0.3, -0.25) is 4.79 Å². The smallest absolute Gasteiger partial charge is 0.303 e. The summed E-state index contributed by atoms with van der Waals surface area (Å²) in [6, 6.07) is 4.42. The lowest BCUT2D eigenvalue weighted by atomic mass is 9.96. The number of carbonyl (C=O) groups is 1. The van der Waals surface area contributed by atoms with Crippen molar-refractivity contribution in [3.63, 3.8) is 0 Å². The van der Waals surface area contributed by atoms with Gasteiger partial charge in [0.15, 0.2) is 17.4 Å². The number of carboxylic acid groups (broad SMARTS) is 1.